The van der Waals surface area contributed by atoms with Crippen molar-refractivity contribution in [2.24, 2.45) is 0 Å². The minimum absolute atomic E-state index is 0.300. The molecule has 0 atom stereocenters. The summed E-state index contributed by atoms with van der Waals surface area (Å²) in [5.74, 6) is 2.31. The van der Waals surface area contributed by atoms with Crippen LogP contribution in [0.2, 0.25) is 0 Å². The predicted octanol–water partition coefficient (Wildman–Crippen LogP) is 4.77. The van der Waals surface area contributed by atoms with Crippen LogP contribution in [0.5, 0.6) is 23.1 Å². The van der Waals surface area contributed by atoms with Gasteiger partial charge in [0.1, 0.15) is 17.2 Å². The Bertz CT molecular complexity index is 1110. The van der Waals surface area contributed by atoms with Crippen LogP contribution in [0.1, 0.15) is 11.1 Å². The van der Waals surface area contributed by atoms with Gasteiger partial charge in [-0.1, -0.05) is 12.6 Å². The summed E-state index contributed by atoms with van der Waals surface area (Å²) in [4.78, 5) is 20.3. The van der Waals surface area contributed by atoms with Crippen LogP contribution in [-0.2, 0) is 4.79 Å². The van der Waals surface area contributed by atoms with Crippen molar-refractivity contribution in [1.82, 2.24) is 9.97 Å². The zero-order chi connectivity index (χ0) is 22.4. The molecule has 1 amide bonds. The fraction of sp³-hybridized carbons (Fsp3) is 0.174. The zero-order valence-electron chi connectivity index (χ0n) is 17.9. The Labute approximate surface area is 180 Å². The van der Waals surface area contributed by atoms with Gasteiger partial charge in [0.25, 0.3) is 0 Å². The number of aryl methyl sites for hydroxylation is 1. The molecule has 0 saturated carbocycles. The molecule has 3 rings (SSSR count). The van der Waals surface area contributed by atoms with Gasteiger partial charge >= 0.3 is 0 Å². The maximum Gasteiger partial charge on any atom is 0.247 e. The quantitative estimate of drug-likeness (QED) is 0.507. The van der Waals surface area contributed by atoms with E-state index in [1.54, 1.807) is 44.7 Å². The van der Waals surface area contributed by atoms with Crippen LogP contribution in [0.15, 0.2) is 55.3 Å². The van der Waals surface area contributed by atoms with E-state index in [1.807, 2.05) is 26.0 Å². The molecule has 160 valence electrons. The number of nitrogens with zero attached hydrogens (tertiary/aromatic N) is 2. The fourth-order valence-corrected chi connectivity index (χ4v) is 2.91. The van der Waals surface area contributed by atoms with Crippen LogP contribution < -0.4 is 24.8 Å². The van der Waals surface area contributed by atoms with Crippen LogP contribution in [0.4, 0.5) is 17.3 Å². The lowest BCUT2D eigenvalue weighted by Gasteiger charge is -2.16. The number of carbonyl (C=O) groups excluding carboxylic acids is 1. The Balaban J connectivity index is 1.85. The highest BCUT2D eigenvalue weighted by Gasteiger charge is 2.14. The first-order valence-electron chi connectivity index (χ1n) is 9.48. The maximum atomic E-state index is 11.5. The van der Waals surface area contributed by atoms with Crippen molar-refractivity contribution in [2.45, 2.75) is 13.8 Å². The van der Waals surface area contributed by atoms with E-state index < -0.39 is 0 Å². The number of anilines is 3. The molecule has 0 aliphatic rings. The Hall–Kier alpha value is -4.07. The summed E-state index contributed by atoms with van der Waals surface area (Å²) in [5.41, 5.74) is 2.90. The Morgan fingerprint density at radius 2 is 1.94 bits per heavy atom. The van der Waals surface area contributed by atoms with Gasteiger partial charge in [0.05, 0.1) is 19.9 Å². The zero-order valence-corrected chi connectivity index (χ0v) is 17.9. The third-order valence-corrected chi connectivity index (χ3v) is 4.45. The molecule has 0 fully saturated rings. The van der Waals surface area contributed by atoms with Crippen molar-refractivity contribution >= 4 is 23.2 Å². The second-order valence-electron chi connectivity index (χ2n) is 6.60. The summed E-state index contributed by atoms with van der Waals surface area (Å²) in [6.07, 6.45) is 2.87. The number of methoxy groups -OCH3 is 2. The molecule has 0 aliphatic carbocycles. The SMILES string of the molecule is C=CC(=O)Nc1cccc(Oc2nc(Nc3ccc(OC)c(C)c3OC)ncc2C)c1. The molecule has 2 N–H and O–H groups in total. The first-order valence-corrected chi connectivity index (χ1v) is 9.48. The van der Waals surface area contributed by atoms with Crippen LogP contribution >= 0.6 is 0 Å². The van der Waals surface area contributed by atoms with Gasteiger partial charge in [0.2, 0.25) is 17.7 Å². The number of aromatic nitrogens is 2. The number of ether oxygens (including phenoxy) is 3. The lowest BCUT2D eigenvalue weighted by atomic mass is 10.1. The summed E-state index contributed by atoms with van der Waals surface area (Å²) in [6, 6.07) is 10.7. The highest BCUT2D eigenvalue weighted by molar-refractivity contribution is 5.98. The normalized spacial score (nSPS) is 10.2. The molecular weight excluding hydrogens is 396 g/mol. The average Bonchev–Trinajstić information content (AvgIpc) is 2.76. The van der Waals surface area contributed by atoms with Crippen molar-refractivity contribution in [1.29, 1.82) is 0 Å². The fourth-order valence-electron chi connectivity index (χ4n) is 2.91. The first kappa shape index (κ1) is 21.6. The van der Waals surface area contributed by atoms with E-state index in [0.717, 1.165) is 16.9 Å². The third-order valence-electron chi connectivity index (χ3n) is 4.45. The predicted molar refractivity (Wildman–Crippen MR) is 120 cm³/mol. The number of carbonyl (C=O) groups is 1. The standard InChI is InChI=1S/C23H24N4O4/c1-6-20(28)25-16-8-7-9-17(12-16)31-22-14(2)13-24-23(27-22)26-18-10-11-19(29-4)15(3)21(18)30-5/h6-13H,1H2,2-5H3,(H,25,28)(H,24,26,27). The molecule has 0 aliphatic heterocycles. The molecule has 0 unspecified atom stereocenters. The van der Waals surface area contributed by atoms with E-state index in [-0.39, 0.29) is 5.91 Å². The Kier molecular flexibility index (Phi) is 6.71. The smallest absolute Gasteiger partial charge is 0.247 e. The molecule has 1 heterocycles. The molecule has 0 radical (unpaired) electrons. The van der Waals surface area contributed by atoms with Gasteiger partial charge in [0.15, 0.2) is 0 Å². The van der Waals surface area contributed by atoms with Crippen LogP contribution in [0, 0.1) is 13.8 Å². The van der Waals surface area contributed by atoms with E-state index in [1.165, 1.54) is 6.08 Å². The van der Waals surface area contributed by atoms with E-state index in [4.69, 9.17) is 14.2 Å². The molecule has 2 aromatic carbocycles. The number of rotatable bonds is 8. The van der Waals surface area contributed by atoms with Crippen molar-refractivity contribution in [3.63, 3.8) is 0 Å². The number of nitrogens with one attached hydrogen (secondary N) is 2. The van der Waals surface area contributed by atoms with Gasteiger partial charge in [-0.25, -0.2) is 4.98 Å². The molecule has 8 heteroatoms. The molecule has 3 aromatic rings. The van der Waals surface area contributed by atoms with Crippen molar-refractivity contribution in [3.8, 4) is 23.1 Å². The molecular formula is C23H24N4O4. The summed E-state index contributed by atoms with van der Waals surface area (Å²) in [5, 5.41) is 5.86. The van der Waals surface area contributed by atoms with Crippen molar-refractivity contribution in [2.75, 3.05) is 24.9 Å². The minimum Gasteiger partial charge on any atom is -0.496 e. The molecule has 0 saturated heterocycles. The largest absolute Gasteiger partial charge is 0.496 e. The lowest BCUT2D eigenvalue weighted by Crippen LogP contribution is -2.07. The van der Waals surface area contributed by atoms with Crippen LogP contribution in [0.25, 0.3) is 0 Å². The second kappa shape index (κ2) is 9.62. The van der Waals surface area contributed by atoms with Gasteiger partial charge in [-0.2, -0.15) is 4.98 Å². The summed E-state index contributed by atoms with van der Waals surface area (Å²) in [7, 11) is 3.20. The molecule has 31 heavy (non-hydrogen) atoms. The number of hydrogen-bond acceptors (Lipinski definition) is 7. The van der Waals surface area contributed by atoms with Crippen LogP contribution in [0.3, 0.4) is 0 Å². The summed E-state index contributed by atoms with van der Waals surface area (Å²) in [6.45, 7) is 7.20. The van der Waals surface area contributed by atoms with Crippen molar-refractivity contribution in [3.05, 3.63) is 66.4 Å². The minimum atomic E-state index is -0.300. The van der Waals surface area contributed by atoms with Gasteiger partial charge < -0.3 is 24.8 Å². The van der Waals surface area contributed by atoms with Gasteiger partial charge in [-0.15, -0.1) is 0 Å². The molecule has 0 bridgehead atoms. The second-order valence-corrected chi connectivity index (χ2v) is 6.60. The van der Waals surface area contributed by atoms with Gasteiger partial charge in [0, 0.05) is 29.1 Å². The van der Waals surface area contributed by atoms with Crippen LogP contribution in [-0.4, -0.2) is 30.1 Å². The number of benzene rings is 2. The topological polar surface area (TPSA) is 94.6 Å². The van der Waals surface area contributed by atoms with Crippen molar-refractivity contribution < 1.29 is 19.0 Å². The highest BCUT2D eigenvalue weighted by Crippen LogP contribution is 2.36. The van der Waals surface area contributed by atoms with E-state index >= 15 is 0 Å². The monoisotopic (exact) mass is 420 g/mol. The molecule has 8 nitrogen and oxygen atoms in total. The first-order chi connectivity index (χ1) is 14.9. The Morgan fingerprint density at radius 1 is 1.13 bits per heavy atom. The van der Waals surface area contributed by atoms with Gasteiger partial charge in [-0.05, 0) is 44.2 Å². The van der Waals surface area contributed by atoms with E-state index in [2.05, 4.69) is 27.2 Å². The Morgan fingerprint density at radius 3 is 2.65 bits per heavy atom. The molecule has 0 spiro atoms. The van der Waals surface area contributed by atoms with Gasteiger partial charge in [-0.3, -0.25) is 4.79 Å². The summed E-state index contributed by atoms with van der Waals surface area (Å²) < 4.78 is 16.8. The lowest BCUT2D eigenvalue weighted by molar-refractivity contribution is -0.111. The molecule has 1 aromatic heterocycles. The highest BCUT2D eigenvalue weighted by atomic mass is 16.5. The van der Waals surface area contributed by atoms with E-state index in [0.29, 0.717) is 34.7 Å². The van der Waals surface area contributed by atoms with E-state index in [9.17, 15) is 4.79 Å². The number of hydrogen-bond donors (Lipinski definition) is 2. The summed E-state index contributed by atoms with van der Waals surface area (Å²) >= 11 is 0. The maximum absolute atomic E-state index is 11.5. The number of amides is 1. The average molecular weight is 420 g/mol. The third kappa shape index (κ3) is 5.11.